The summed E-state index contributed by atoms with van der Waals surface area (Å²) in [6.07, 6.45) is -3.65. The number of alkyl halides is 3. The van der Waals surface area contributed by atoms with Gasteiger partial charge in [-0.25, -0.2) is 14.1 Å². The van der Waals surface area contributed by atoms with Gasteiger partial charge in [-0.2, -0.15) is 18.3 Å². The van der Waals surface area contributed by atoms with Crippen LogP contribution in [0, 0.1) is 5.82 Å². The van der Waals surface area contributed by atoms with Crippen molar-refractivity contribution in [3.8, 4) is 28.3 Å². The first kappa shape index (κ1) is 26.4. The topological polar surface area (TPSA) is 102 Å². The minimum atomic E-state index is -5.00. The molecular formula is C25H18ClF4N5O4. The van der Waals surface area contributed by atoms with Crippen LogP contribution in [-0.4, -0.2) is 45.0 Å². The molecule has 0 saturated carbocycles. The molecule has 1 aliphatic heterocycles. The number of nitrogens with zero attached hydrogens (tertiary/aromatic N) is 4. The number of amides is 2. The molecule has 202 valence electrons. The van der Waals surface area contributed by atoms with E-state index in [0.29, 0.717) is 11.1 Å². The number of hydroxylamine groups is 2. The summed E-state index contributed by atoms with van der Waals surface area (Å²) < 4.78 is 64.3. The Bertz CT molecular complexity index is 1560. The second-order valence-corrected chi connectivity index (χ2v) is 8.88. The van der Waals surface area contributed by atoms with E-state index in [1.54, 1.807) is 0 Å². The van der Waals surface area contributed by atoms with E-state index in [-0.39, 0.29) is 40.8 Å². The highest BCUT2D eigenvalue weighted by molar-refractivity contribution is 6.33. The Balaban J connectivity index is 1.73. The first-order valence-corrected chi connectivity index (χ1v) is 11.9. The molecule has 3 heterocycles. The smallest absolute Gasteiger partial charge is 0.355 e. The molecule has 39 heavy (non-hydrogen) atoms. The summed E-state index contributed by atoms with van der Waals surface area (Å²) >= 11 is 6.19. The van der Waals surface area contributed by atoms with Gasteiger partial charge in [-0.1, -0.05) is 28.9 Å². The van der Waals surface area contributed by atoms with Crippen molar-refractivity contribution in [3.05, 3.63) is 70.8 Å². The molecular weight excluding hydrogens is 546 g/mol. The van der Waals surface area contributed by atoms with Gasteiger partial charge in [0, 0.05) is 12.6 Å². The summed E-state index contributed by atoms with van der Waals surface area (Å²) in [5.74, 6) is -2.76. The summed E-state index contributed by atoms with van der Waals surface area (Å²) in [6, 6.07) is 9.32. The lowest BCUT2D eigenvalue weighted by Gasteiger charge is -2.16. The van der Waals surface area contributed by atoms with Gasteiger partial charge < -0.3 is 9.84 Å². The number of rotatable bonds is 5. The average molecular weight is 564 g/mol. The number of aromatic nitrogens is 3. The average Bonchev–Trinajstić information content (AvgIpc) is 3.62. The van der Waals surface area contributed by atoms with E-state index in [0.717, 1.165) is 17.3 Å². The molecule has 0 unspecified atom stereocenters. The van der Waals surface area contributed by atoms with Crippen LogP contribution in [0.25, 0.3) is 28.3 Å². The number of anilines is 1. The summed E-state index contributed by atoms with van der Waals surface area (Å²) in [5.41, 5.74) is -2.89. The molecule has 0 atom stereocenters. The number of benzene rings is 2. The van der Waals surface area contributed by atoms with Crippen LogP contribution in [0.5, 0.6) is 0 Å². The lowest BCUT2D eigenvalue weighted by molar-refractivity contribution is -0.142. The quantitative estimate of drug-likeness (QED) is 0.311. The summed E-state index contributed by atoms with van der Waals surface area (Å²) in [6.45, 7) is 1.61. The van der Waals surface area contributed by atoms with E-state index >= 15 is 0 Å². The van der Waals surface area contributed by atoms with Crippen molar-refractivity contribution in [1.82, 2.24) is 20.0 Å². The number of hydrogen-bond donors (Lipinski definition) is 1. The first-order chi connectivity index (χ1) is 18.6. The fourth-order valence-electron chi connectivity index (χ4n) is 4.20. The zero-order chi connectivity index (χ0) is 27.9. The molecule has 1 aliphatic rings. The van der Waals surface area contributed by atoms with Crippen LogP contribution in [0.2, 0.25) is 5.02 Å². The summed E-state index contributed by atoms with van der Waals surface area (Å²) in [4.78, 5) is 30.2. The summed E-state index contributed by atoms with van der Waals surface area (Å²) in [5, 5.41) is 11.0. The molecule has 0 radical (unpaired) electrons. The third-order valence-electron chi connectivity index (χ3n) is 5.78. The minimum absolute atomic E-state index is 0.0348. The molecule has 2 aromatic heterocycles. The van der Waals surface area contributed by atoms with Gasteiger partial charge in [0.25, 0.3) is 5.91 Å². The van der Waals surface area contributed by atoms with Crippen LogP contribution in [0.1, 0.15) is 29.4 Å². The van der Waals surface area contributed by atoms with Gasteiger partial charge in [0.05, 0.1) is 41.2 Å². The molecule has 0 bridgehead atoms. The molecule has 1 fully saturated rings. The molecule has 2 amide bonds. The maximum atomic E-state index is 14.8. The second-order valence-electron chi connectivity index (χ2n) is 8.47. The van der Waals surface area contributed by atoms with Crippen LogP contribution < -0.4 is 5.32 Å². The van der Waals surface area contributed by atoms with Crippen LogP contribution in [0.3, 0.4) is 0 Å². The number of halogens is 5. The maximum absolute atomic E-state index is 14.8. The maximum Gasteiger partial charge on any atom is 0.434 e. The van der Waals surface area contributed by atoms with Crippen LogP contribution in [-0.2, 0) is 15.8 Å². The van der Waals surface area contributed by atoms with E-state index in [4.69, 9.17) is 21.0 Å². The summed E-state index contributed by atoms with van der Waals surface area (Å²) in [7, 11) is 0. The highest BCUT2D eigenvalue weighted by Crippen LogP contribution is 2.43. The molecule has 0 spiro atoms. The molecule has 2 aromatic carbocycles. The van der Waals surface area contributed by atoms with Gasteiger partial charge in [-0.3, -0.25) is 14.4 Å². The van der Waals surface area contributed by atoms with Crippen LogP contribution in [0.4, 0.5) is 23.2 Å². The van der Waals surface area contributed by atoms with Crippen molar-refractivity contribution in [3.63, 3.8) is 0 Å². The second kappa shape index (κ2) is 10.2. The van der Waals surface area contributed by atoms with Crippen LogP contribution >= 0.6 is 11.6 Å². The van der Waals surface area contributed by atoms with Gasteiger partial charge in [0.15, 0.2) is 11.5 Å². The van der Waals surface area contributed by atoms with E-state index < -0.39 is 46.4 Å². The van der Waals surface area contributed by atoms with Gasteiger partial charge in [-0.05, 0) is 36.8 Å². The molecule has 1 saturated heterocycles. The Labute approximate surface area is 222 Å². The van der Waals surface area contributed by atoms with E-state index in [9.17, 15) is 27.2 Å². The minimum Gasteiger partial charge on any atom is -0.355 e. The van der Waals surface area contributed by atoms with Crippen molar-refractivity contribution < 1.29 is 36.5 Å². The van der Waals surface area contributed by atoms with Gasteiger partial charge >= 0.3 is 6.18 Å². The van der Waals surface area contributed by atoms with E-state index in [2.05, 4.69) is 15.6 Å². The molecule has 1 N–H and O–H groups in total. The SMILES string of the molecule is CC(=O)Nc1cccc(-n2ncc(-c3onc(-c4c(F)cccc4Cl)c3C(=O)N3CCCO3)c2C(F)(F)F)c1. The Morgan fingerprint density at radius 1 is 1.15 bits per heavy atom. The normalized spacial score (nSPS) is 13.6. The predicted octanol–water partition coefficient (Wildman–Crippen LogP) is 5.74. The fraction of sp³-hybridized carbons (Fsp3) is 0.200. The van der Waals surface area contributed by atoms with Gasteiger partial charge in [-0.15, -0.1) is 0 Å². The third kappa shape index (κ3) is 4.98. The van der Waals surface area contributed by atoms with Crippen molar-refractivity contribution in [2.24, 2.45) is 0 Å². The van der Waals surface area contributed by atoms with Crippen molar-refractivity contribution >= 4 is 29.1 Å². The monoisotopic (exact) mass is 563 g/mol. The lowest BCUT2D eigenvalue weighted by atomic mass is 10.0. The van der Waals surface area contributed by atoms with Crippen molar-refractivity contribution in [2.75, 3.05) is 18.5 Å². The lowest BCUT2D eigenvalue weighted by Crippen LogP contribution is -2.27. The molecule has 4 aromatic rings. The van der Waals surface area contributed by atoms with E-state index in [1.807, 2.05) is 0 Å². The first-order valence-electron chi connectivity index (χ1n) is 11.5. The molecule has 14 heteroatoms. The molecule has 9 nitrogen and oxygen atoms in total. The predicted molar refractivity (Wildman–Crippen MR) is 130 cm³/mol. The Kier molecular flexibility index (Phi) is 6.87. The fourth-order valence-corrected chi connectivity index (χ4v) is 4.45. The van der Waals surface area contributed by atoms with E-state index in [1.165, 1.54) is 43.3 Å². The van der Waals surface area contributed by atoms with Crippen LogP contribution in [0.15, 0.2) is 53.2 Å². The number of hydrogen-bond acceptors (Lipinski definition) is 6. The molecule has 0 aliphatic carbocycles. The zero-order valence-corrected chi connectivity index (χ0v) is 20.8. The third-order valence-corrected chi connectivity index (χ3v) is 6.09. The zero-order valence-electron chi connectivity index (χ0n) is 20.1. The number of carbonyl (C=O) groups excluding carboxylic acids is 2. The van der Waals surface area contributed by atoms with Gasteiger partial charge in [0.1, 0.15) is 17.1 Å². The Morgan fingerprint density at radius 2 is 1.92 bits per heavy atom. The molecule has 5 rings (SSSR count). The highest BCUT2D eigenvalue weighted by Gasteiger charge is 2.43. The van der Waals surface area contributed by atoms with Crippen molar-refractivity contribution in [1.29, 1.82) is 0 Å². The number of nitrogens with one attached hydrogen (secondary N) is 1. The Morgan fingerprint density at radius 3 is 2.59 bits per heavy atom. The number of carbonyl (C=O) groups is 2. The van der Waals surface area contributed by atoms with Gasteiger partial charge in [0.2, 0.25) is 5.91 Å². The van der Waals surface area contributed by atoms with Crippen molar-refractivity contribution in [2.45, 2.75) is 19.5 Å². The highest BCUT2D eigenvalue weighted by atomic mass is 35.5. The standard InChI is InChI=1S/C25H18ClF4N5O4/c1-13(36)32-14-5-2-6-15(11-14)35-23(25(28,29)30)16(12-31-35)22-20(24(37)34-9-4-10-38-34)21(33-39-22)19-17(26)7-3-8-18(19)27/h2-3,5-8,11-12H,4,9-10H2,1H3,(H,32,36). The Hall–Kier alpha value is -4.23. The largest absolute Gasteiger partial charge is 0.434 e.